The van der Waals surface area contributed by atoms with E-state index >= 15 is 0 Å². The molecule has 3 rings (SSSR count). The zero-order chi connectivity index (χ0) is 18.7. The first-order valence-corrected chi connectivity index (χ1v) is 7.96. The molecule has 0 unspecified atom stereocenters. The Kier molecular flexibility index (Phi) is 4.93. The van der Waals surface area contributed by atoms with Gasteiger partial charge in [-0.05, 0) is 42.3 Å². The molecular formula is C20H16F2N2O2. The summed E-state index contributed by atoms with van der Waals surface area (Å²) in [7, 11) is 0. The summed E-state index contributed by atoms with van der Waals surface area (Å²) >= 11 is 0. The van der Waals surface area contributed by atoms with Gasteiger partial charge in [0.05, 0.1) is 6.54 Å². The number of pyridine rings is 1. The molecule has 0 saturated carbocycles. The minimum atomic E-state index is -0.908. The quantitative estimate of drug-likeness (QED) is 0.776. The monoisotopic (exact) mass is 354 g/mol. The molecule has 0 aliphatic rings. The summed E-state index contributed by atoms with van der Waals surface area (Å²) in [6, 6.07) is 13.7. The van der Waals surface area contributed by atoms with Gasteiger partial charge < -0.3 is 9.88 Å². The molecule has 2 aromatic carbocycles. The maximum Gasteiger partial charge on any atom is 0.263 e. The van der Waals surface area contributed by atoms with E-state index in [1.807, 2.05) is 31.2 Å². The minimum Gasteiger partial charge on any atom is -0.317 e. The fraction of sp³-hybridized carbons (Fsp3) is 0.100. The standard InChI is InChI=1S/C20H16F2N2O2/c1-13-6-2-3-7-14(13)12-24-11-5-8-15(20(24)26)19(25)23-18-16(21)9-4-10-17(18)22/h2-11H,12H2,1H3,(H,23,25). The Hall–Kier alpha value is -3.28. The largest absolute Gasteiger partial charge is 0.317 e. The predicted molar refractivity (Wildman–Crippen MR) is 95.3 cm³/mol. The average Bonchev–Trinajstić information content (AvgIpc) is 2.62. The zero-order valence-electron chi connectivity index (χ0n) is 14.0. The zero-order valence-corrected chi connectivity index (χ0v) is 14.0. The number of hydrogen-bond acceptors (Lipinski definition) is 2. The van der Waals surface area contributed by atoms with E-state index in [0.29, 0.717) is 6.54 Å². The molecule has 0 aliphatic heterocycles. The Morgan fingerprint density at radius 3 is 2.38 bits per heavy atom. The number of nitrogens with one attached hydrogen (secondary N) is 1. The van der Waals surface area contributed by atoms with Crippen molar-refractivity contribution in [3.8, 4) is 0 Å². The van der Waals surface area contributed by atoms with Gasteiger partial charge in [-0.3, -0.25) is 9.59 Å². The molecule has 0 aliphatic carbocycles. The van der Waals surface area contributed by atoms with Crippen LogP contribution in [0.3, 0.4) is 0 Å². The number of aryl methyl sites for hydroxylation is 1. The van der Waals surface area contributed by atoms with Crippen LogP contribution in [0.15, 0.2) is 65.6 Å². The maximum absolute atomic E-state index is 13.7. The van der Waals surface area contributed by atoms with Crippen molar-refractivity contribution in [2.45, 2.75) is 13.5 Å². The topological polar surface area (TPSA) is 51.1 Å². The van der Waals surface area contributed by atoms with Crippen LogP contribution in [0.1, 0.15) is 21.5 Å². The average molecular weight is 354 g/mol. The van der Waals surface area contributed by atoms with Gasteiger partial charge in [0.1, 0.15) is 22.9 Å². The maximum atomic E-state index is 13.7. The minimum absolute atomic E-state index is 0.191. The van der Waals surface area contributed by atoms with Gasteiger partial charge in [-0.15, -0.1) is 0 Å². The summed E-state index contributed by atoms with van der Waals surface area (Å²) in [4.78, 5) is 25.0. The third kappa shape index (κ3) is 3.54. The number of para-hydroxylation sites is 1. The van der Waals surface area contributed by atoms with Crippen molar-refractivity contribution in [2.24, 2.45) is 0 Å². The Morgan fingerprint density at radius 2 is 1.69 bits per heavy atom. The highest BCUT2D eigenvalue weighted by Crippen LogP contribution is 2.18. The molecule has 1 aromatic heterocycles. The highest BCUT2D eigenvalue weighted by atomic mass is 19.1. The van der Waals surface area contributed by atoms with Gasteiger partial charge in [-0.25, -0.2) is 8.78 Å². The Bertz CT molecular complexity index is 1010. The van der Waals surface area contributed by atoms with Gasteiger partial charge >= 0.3 is 0 Å². The summed E-state index contributed by atoms with van der Waals surface area (Å²) < 4.78 is 28.8. The van der Waals surface area contributed by atoms with Gasteiger partial charge in [-0.1, -0.05) is 30.3 Å². The number of rotatable bonds is 4. The van der Waals surface area contributed by atoms with Crippen LogP contribution < -0.4 is 10.9 Å². The number of carbonyl (C=O) groups is 1. The molecule has 0 fully saturated rings. The summed E-state index contributed by atoms with van der Waals surface area (Å²) in [5.41, 5.74) is 0.648. The van der Waals surface area contributed by atoms with Crippen LogP contribution in [-0.2, 0) is 6.54 Å². The Morgan fingerprint density at radius 1 is 1.00 bits per heavy atom. The molecule has 0 spiro atoms. The van der Waals surface area contributed by atoms with Gasteiger partial charge in [0.25, 0.3) is 11.5 Å². The van der Waals surface area contributed by atoms with Crippen molar-refractivity contribution in [1.82, 2.24) is 4.57 Å². The lowest BCUT2D eigenvalue weighted by Crippen LogP contribution is -2.29. The van der Waals surface area contributed by atoms with E-state index in [2.05, 4.69) is 5.32 Å². The van der Waals surface area contributed by atoms with Crippen LogP contribution in [-0.4, -0.2) is 10.5 Å². The summed E-state index contributed by atoms with van der Waals surface area (Å²) in [6.45, 7) is 2.22. The SMILES string of the molecule is Cc1ccccc1Cn1cccc(C(=O)Nc2c(F)cccc2F)c1=O. The van der Waals surface area contributed by atoms with Crippen LogP contribution >= 0.6 is 0 Å². The highest BCUT2D eigenvalue weighted by molar-refractivity contribution is 6.04. The molecule has 0 atom stereocenters. The Labute approximate surface area is 148 Å². The first kappa shape index (κ1) is 17.5. The molecule has 1 N–H and O–H groups in total. The van der Waals surface area contributed by atoms with Gasteiger partial charge in [0, 0.05) is 6.20 Å². The first-order chi connectivity index (χ1) is 12.5. The molecule has 0 radical (unpaired) electrons. The lowest BCUT2D eigenvalue weighted by atomic mass is 10.1. The second-order valence-electron chi connectivity index (χ2n) is 5.83. The van der Waals surface area contributed by atoms with Crippen LogP contribution in [0, 0.1) is 18.6 Å². The fourth-order valence-corrected chi connectivity index (χ4v) is 2.60. The number of amides is 1. The lowest BCUT2D eigenvalue weighted by molar-refractivity contribution is 0.102. The van der Waals surface area contributed by atoms with E-state index in [0.717, 1.165) is 23.3 Å². The van der Waals surface area contributed by atoms with E-state index in [1.165, 1.54) is 16.7 Å². The number of hydrogen-bond donors (Lipinski definition) is 1. The van der Waals surface area contributed by atoms with Gasteiger partial charge in [0.15, 0.2) is 0 Å². The second-order valence-corrected chi connectivity index (χ2v) is 5.83. The molecule has 1 heterocycles. The van der Waals surface area contributed by atoms with E-state index < -0.39 is 28.8 Å². The van der Waals surface area contributed by atoms with E-state index in [9.17, 15) is 18.4 Å². The second kappa shape index (κ2) is 7.31. The number of carbonyl (C=O) groups excluding carboxylic acids is 1. The molecule has 1 amide bonds. The summed E-state index contributed by atoms with van der Waals surface area (Å²) in [6.07, 6.45) is 1.56. The third-order valence-corrected chi connectivity index (χ3v) is 4.07. The van der Waals surface area contributed by atoms with Crippen molar-refractivity contribution >= 4 is 11.6 Å². The van der Waals surface area contributed by atoms with Crippen LogP contribution in [0.25, 0.3) is 0 Å². The van der Waals surface area contributed by atoms with E-state index in [-0.39, 0.29) is 5.56 Å². The molecular weight excluding hydrogens is 338 g/mol. The summed E-state index contributed by atoms with van der Waals surface area (Å²) in [5, 5.41) is 2.14. The van der Waals surface area contributed by atoms with Crippen molar-refractivity contribution in [3.05, 3.63) is 99.5 Å². The van der Waals surface area contributed by atoms with Gasteiger partial charge in [0.2, 0.25) is 0 Å². The normalized spacial score (nSPS) is 10.6. The highest BCUT2D eigenvalue weighted by Gasteiger charge is 2.17. The predicted octanol–water partition coefficient (Wildman–Crippen LogP) is 3.74. The molecule has 3 aromatic rings. The molecule has 26 heavy (non-hydrogen) atoms. The molecule has 6 heteroatoms. The van der Waals surface area contributed by atoms with Crippen molar-refractivity contribution in [3.63, 3.8) is 0 Å². The third-order valence-electron chi connectivity index (χ3n) is 4.07. The van der Waals surface area contributed by atoms with E-state index in [1.54, 1.807) is 12.3 Å². The lowest BCUT2D eigenvalue weighted by Gasteiger charge is -2.11. The van der Waals surface area contributed by atoms with Crippen LogP contribution in [0.2, 0.25) is 0 Å². The van der Waals surface area contributed by atoms with E-state index in [4.69, 9.17) is 0 Å². The van der Waals surface area contributed by atoms with Crippen molar-refractivity contribution in [1.29, 1.82) is 0 Å². The molecule has 4 nitrogen and oxygen atoms in total. The number of halogens is 2. The number of benzene rings is 2. The summed E-state index contributed by atoms with van der Waals surface area (Å²) in [5.74, 6) is -2.68. The number of anilines is 1. The number of aromatic nitrogens is 1. The number of nitrogens with zero attached hydrogens (tertiary/aromatic N) is 1. The molecule has 0 saturated heterocycles. The smallest absolute Gasteiger partial charge is 0.263 e. The van der Waals surface area contributed by atoms with Crippen LogP contribution in [0.4, 0.5) is 14.5 Å². The van der Waals surface area contributed by atoms with Crippen LogP contribution in [0.5, 0.6) is 0 Å². The van der Waals surface area contributed by atoms with Gasteiger partial charge in [-0.2, -0.15) is 0 Å². The fourth-order valence-electron chi connectivity index (χ4n) is 2.60. The first-order valence-electron chi connectivity index (χ1n) is 7.96. The Balaban J connectivity index is 1.91. The molecule has 0 bridgehead atoms. The molecule has 132 valence electrons. The van der Waals surface area contributed by atoms with Crippen molar-refractivity contribution < 1.29 is 13.6 Å². The van der Waals surface area contributed by atoms with Crippen molar-refractivity contribution in [2.75, 3.05) is 5.32 Å².